The molecule has 5 heteroatoms. The maximum Gasteiger partial charge on any atom is 0.231 e. The van der Waals surface area contributed by atoms with Crippen molar-refractivity contribution in [3.8, 4) is 11.5 Å². The number of carbonyl (C=O) groups excluding carboxylic acids is 1. The first kappa shape index (κ1) is 10.3. The molecule has 1 aromatic rings. The minimum Gasteiger partial charge on any atom is -0.504 e. The standard InChI is InChI=1S/C9H12N2O3/c10-8(13)5-11-4-6-2-1-3-7(12)9(6)14/h1-3,11-12,14H,4-5H2,(H2,10,13). The van der Waals surface area contributed by atoms with Crippen LogP contribution in [0.1, 0.15) is 5.56 Å². The van der Waals surface area contributed by atoms with Gasteiger partial charge in [0, 0.05) is 12.1 Å². The van der Waals surface area contributed by atoms with E-state index < -0.39 is 5.91 Å². The van der Waals surface area contributed by atoms with Gasteiger partial charge < -0.3 is 21.3 Å². The first-order chi connectivity index (χ1) is 6.61. The summed E-state index contributed by atoms with van der Waals surface area (Å²) >= 11 is 0. The fraction of sp³-hybridized carbons (Fsp3) is 0.222. The number of amides is 1. The molecule has 0 saturated carbocycles. The van der Waals surface area contributed by atoms with E-state index in [1.165, 1.54) is 6.07 Å². The Morgan fingerprint density at radius 1 is 1.43 bits per heavy atom. The minimum atomic E-state index is -0.468. The molecule has 1 aromatic carbocycles. The highest BCUT2D eigenvalue weighted by atomic mass is 16.3. The van der Waals surface area contributed by atoms with Crippen LogP contribution in [0.25, 0.3) is 0 Å². The second kappa shape index (κ2) is 4.48. The second-order valence-electron chi connectivity index (χ2n) is 2.85. The predicted molar refractivity (Wildman–Crippen MR) is 50.7 cm³/mol. The number of aromatic hydroxyl groups is 2. The van der Waals surface area contributed by atoms with E-state index in [1.807, 2.05) is 0 Å². The normalized spacial score (nSPS) is 10.0. The predicted octanol–water partition coefficient (Wildman–Crippen LogP) is -0.327. The molecule has 0 spiro atoms. The number of phenolic OH excluding ortho intramolecular Hbond substituents is 2. The molecule has 0 aliphatic carbocycles. The number of para-hydroxylation sites is 1. The van der Waals surface area contributed by atoms with Crippen molar-refractivity contribution in [2.75, 3.05) is 6.54 Å². The van der Waals surface area contributed by atoms with E-state index in [0.717, 1.165) is 0 Å². The van der Waals surface area contributed by atoms with Crippen molar-refractivity contribution in [2.45, 2.75) is 6.54 Å². The molecule has 0 heterocycles. The maximum absolute atomic E-state index is 10.4. The molecule has 0 radical (unpaired) electrons. The average molecular weight is 196 g/mol. The largest absolute Gasteiger partial charge is 0.504 e. The molecule has 1 rings (SSSR count). The van der Waals surface area contributed by atoms with Crippen LogP contribution in [0.2, 0.25) is 0 Å². The van der Waals surface area contributed by atoms with Gasteiger partial charge in [0.25, 0.3) is 0 Å². The first-order valence-corrected chi connectivity index (χ1v) is 4.10. The summed E-state index contributed by atoms with van der Waals surface area (Å²) in [4.78, 5) is 10.4. The molecule has 76 valence electrons. The molecular formula is C9H12N2O3. The topological polar surface area (TPSA) is 95.6 Å². The molecule has 0 aromatic heterocycles. The van der Waals surface area contributed by atoms with Crippen LogP contribution in [0.4, 0.5) is 0 Å². The molecule has 0 aliphatic heterocycles. The van der Waals surface area contributed by atoms with Gasteiger partial charge >= 0.3 is 0 Å². The third-order valence-corrected chi connectivity index (χ3v) is 1.71. The van der Waals surface area contributed by atoms with Gasteiger partial charge in [0.2, 0.25) is 5.91 Å². The molecule has 0 unspecified atom stereocenters. The zero-order valence-electron chi connectivity index (χ0n) is 7.53. The van der Waals surface area contributed by atoms with Crippen LogP contribution in [0.15, 0.2) is 18.2 Å². The summed E-state index contributed by atoms with van der Waals surface area (Å²) in [6.07, 6.45) is 0. The Morgan fingerprint density at radius 2 is 2.14 bits per heavy atom. The summed E-state index contributed by atoms with van der Waals surface area (Å²) in [5, 5.41) is 21.2. The van der Waals surface area contributed by atoms with E-state index >= 15 is 0 Å². The van der Waals surface area contributed by atoms with Crippen LogP contribution in [-0.4, -0.2) is 22.7 Å². The van der Waals surface area contributed by atoms with Crippen LogP contribution >= 0.6 is 0 Å². The van der Waals surface area contributed by atoms with Crippen LogP contribution in [0, 0.1) is 0 Å². The number of carbonyl (C=O) groups is 1. The number of benzene rings is 1. The molecule has 14 heavy (non-hydrogen) atoms. The summed E-state index contributed by atoms with van der Waals surface area (Å²) in [6, 6.07) is 4.63. The molecule has 0 saturated heterocycles. The molecule has 0 aliphatic rings. The van der Waals surface area contributed by atoms with E-state index in [0.29, 0.717) is 5.56 Å². The monoisotopic (exact) mass is 196 g/mol. The number of hydrogen-bond donors (Lipinski definition) is 4. The molecule has 0 fully saturated rings. The molecular weight excluding hydrogens is 184 g/mol. The second-order valence-corrected chi connectivity index (χ2v) is 2.85. The number of rotatable bonds is 4. The molecule has 1 amide bonds. The van der Waals surface area contributed by atoms with Gasteiger partial charge in [-0.1, -0.05) is 12.1 Å². The van der Waals surface area contributed by atoms with E-state index in [2.05, 4.69) is 5.32 Å². The lowest BCUT2D eigenvalue weighted by Crippen LogP contribution is -2.28. The molecule has 0 atom stereocenters. The lowest BCUT2D eigenvalue weighted by molar-refractivity contribution is -0.117. The van der Waals surface area contributed by atoms with Crippen LogP contribution < -0.4 is 11.1 Å². The third kappa shape index (κ3) is 2.63. The maximum atomic E-state index is 10.4. The Hall–Kier alpha value is -1.75. The van der Waals surface area contributed by atoms with E-state index in [9.17, 15) is 9.90 Å². The Bertz CT molecular complexity index is 339. The van der Waals surface area contributed by atoms with Gasteiger partial charge in [-0.15, -0.1) is 0 Å². The number of hydrogen-bond acceptors (Lipinski definition) is 4. The van der Waals surface area contributed by atoms with Crippen molar-refractivity contribution in [2.24, 2.45) is 5.73 Å². The summed E-state index contributed by atoms with van der Waals surface area (Å²) in [5.74, 6) is -0.822. The van der Waals surface area contributed by atoms with Crippen molar-refractivity contribution >= 4 is 5.91 Å². The third-order valence-electron chi connectivity index (χ3n) is 1.71. The number of phenols is 2. The van der Waals surface area contributed by atoms with Crippen molar-refractivity contribution in [1.29, 1.82) is 0 Å². The number of nitrogens with two attached hydrogens (primary N) is 1. The fourth-order valence-corrected chi connectivity index (χ4v) is 1.04. The highest BCUT2D eigenvalue weighted by Gasteiger charge is 2.04. The molecule has 5 N–H and O–H groups in total. The zero-order chi connectivity index (χ0) is 10.6. The number of nitrogens with one attached hydrogen (secondary N) is 1. The van der Waals surface area contributed by atoms with E-state index in [-0.39, 0.29) is 24.6 Å². The van der Waals surface area contributed by atoms with Gasteiger partial charge in [-0.3, -0.25) is 4.79 Å². The van der Waals surface area contributed by atoms with Gasteiger partial charge in [-0.25, -0.2) is 0 Å². The van der Waals surface area contributed by atoms with Gasteiger partial charge in [-0.2, -0.15) is 0 Å². The quantitative estimate of drug-likeness (QED) is 0.496. The summed E-state index contributed by atoms with van der Waals surface area (Å²) < 4.78 is 0. The van der Waals surface area contributed by atoms with Crippen molar-refractivity contribution < 1.29 is 15.0 Å². The van der Waals surface area contributed by atoms with Crippen molar-refractivity contribution in [3.05, 3.63) is 23.8 Å². The van der Waals surface area contributed by atoms with Crippen LogP contribution in [0.5, 0.6) is 11.5 Å². The average Bonchev–Trinajstić information content (AvgIpc) is 2.12. The van der Waals surface area contributed by atoms with Gasteiger partial charge in [0.1, 0.15) is 0 Å². The lowest BCUT2D eigenvalue weighted by atomic mass is 10.2. The first-order valence-electron chi connectivity index (χ1n) is 4.10. The Labute approximate surface area is 81.2 Å². The summed E-state index contributed by atoms with van der Waals surface area (Å²) in [5.41, 5.74) is 5.43. The lowest BCUT2D eigenvalue weighted by Gasteiger charge is -2.06. The minimum absolute atomic E-state index is 0.0368. The van der Waals surface area contributed by atoms with Crippen LogP contribution in [-0.2, 0) is 11.3 Å². The fourth-order valence-electron chi connectivity index (χ4n) is 1.04. The van der Waals surface area contributed by atoms with Crippen molar-refractivity contribution in [1.82, 2.24) is 5.32 Å². The Balaban J connectivity index is 2.59. The van der Waals surface area contributed by atoms with E-state index in [1.54, 1.807) is 12.1 Å². The molecule has 5 nitrogen and oxygen atoms in total. The van der Waals surface area contributed by atoms with Gasteiger partial charge in [0.05, 0.1) is 6.54 Å². The summed E-state index contributed by atoms with van der Waals surface area (Å²) in [7, 11) is 0. The van der Waals surface area contributed by atoms with Gasteiger partial charge in [0.15, 0.2) is 11.5 Å². The number of primary amides is 1. The zero-order valence-corrected chi connectivity index (χ0v) is 7.53. The highest BCUT2D eigenvalue weighted by molar-refractivity contribution is 5.75. The summed E-state index contributed by atoms with van der Waals surface area (Å²) in [6.45, 7) is 0.318. The Morgan fingerprint density at radius 3 is 2.79 bits per heavy atom. The van der Waals surface area contributed by atoms with Crippen molar-refractivity contribution in [3.63, 3.8) is 0 Å². The Kier molecular flexibility index (Phi) is 3.30. The van der Waals surface area contributed by atoms with Gasteiger partial charge in [-0.05, 0) is 6.07 Å². The molecule has 0 bridgehead atoms. The van der Waals surface area contributed by atoms with Crippen LogP contribution in [0.3, 0.4) is 0 Å². The smallest absolute Gasteiger partial charge is 0.231 e. The highest BCUT2D eigenvalue weighted by Crippen LogP contribution is 2.27. The van der Waals surface area contributed by atoms with E-state index in [4.69, 9.17) is 10.8 Å². The SMILES string of the molecule is NC(=O)CNCc1cccc(O)c1O.